The van der Waals surface area contributed by atoms with Gasteiger partial charge in [0.2, 0.25) is 5.09 Å². The molecule has 0 radical (unpaired) electrons. The average molecular weight is 308 g/mol. The van der Waals surface area contributed by atoms with Crippen LogP contribution in [-0.2, 0) is 4.74 Å². The summed E-state index contributed by atoms with van der Waals surface area (Å²) >= 11 is 1.16. The highest BCUT2D eigenvalue weighted by atomic mass is 32.2. The summed E-state index contributed by atoms with van der Waals surface area (Å²) in [4.78, 5) is 22.7. The van der Waals surface area contributed by atoms with E-state index in [1.807, 2.05) is 0 Å². The first kappa shape index (κ1) is 15.0. The quantitative estimate of drug-likeness (QED) is 0.475. The lowest BCUT2D eigenvalue weighted by molar-refractivity contribution is -0.384. The Morgan fingerprint density at radius 1 is 1.43 bits per heavy atom. The number of non-ortho nitro benzene ring substituents is 1. The lowest BCUT2D eigenvalue weighted by Crippen LogP contribution is -2.06. The normalized spacial score (nSPS) is 10.4. The molecule has 1 aromatic heterocycles. The van der Waals surface area contributed by atoms with Gasteiger partial charge in [0.1, 0.15) is 5.56 Å². The molecule has 0 aliphatic heterocycles. The van der Waals surface area contributed by atoms with E-state index in [0.717, 1.165) is 11.8 Å². The molecule has 21 heavy (non-hydrogen) atoms. The van der Waals surface area contributed by atoms with Crippen LogP contribution in [0.4, 0.5) is 5.69 Å². The van der Waals surface area contributed by atoms with Crippen LogP contribution in [0, 0.1) is 17.0 Å². The van der Waals surface area contributed by atoms with E-state index in [9.17, 15) is 14.9 Å². The van der Waals surface area contributed by atoms with Gasteiger partial charge in [0.15, 0.2) is 0 Å². The van der Waals surface area contributed by atoms with Crippen molar-refractivity contribution in [3.8, 4) is 0 Å². The van der Waals surface area contributed by atoms with Gasteiger partial charge in [-0.2, -0.15) is 0 Å². The maximum Gasteiger partial charge on any atom is 0.344 e. The van der Waals surface area contributed by atoms with Crippen LogP contribution in [0.25, 0.3) is 0 Å². The minimum absolute atomic E-state index is 0.00119. The number of aryl methyl sites for hydroxylation is 1. The fraction of sp³-hybridized carbons (Fsp3) is 0.231. The number of rotatable bonds is 5. The SMILES string of the molecule is CCOC(=O)c1c(C)noc1Sc1ccc([N+](=O)[O-])cc1. The molecule has 0 saturated carbocycles. The summed E-state index contributed by atoms with van der Waals surface area (Å²) < 4.78 is 10.1. The van der Waals surface area contributed by atoms with Crippen LogP contribution >= 0.6 is 11.8 Å². The van der Waals surface area contributed by atoms with Gasteiger partial charge in [-0.25, -0.2) is 4.79 Å². The van der Waals surface area contributed by atoms with Gasteiger partial charge < -0.3 is 9.26 Å². The Hall–Kier alpha value is -2.35. The van der Waals surface area contributed by atoms with E-state index in [1.165, 1.54) is 12.1 Å². The first-order valence-corrected chi connectivity index (χ1v) is 6.90. The Morgan fingerprint density at radius 3 is 2.67 bits per heavy atom. The molecule has 2 rings (SSSR count). The average Bonchev–Trinajstić information content (AvgIpc) is 2.80. The van der Waals surface area contributed by atoms with Gasteiger partial charge in [-0.15, -0.1) is 0 Å². The van der Waals surface area contributed by atoms with E-state index in [1.54, 1.807) is 26.0 Å². The third kappa shape index (κ3) is 3.40. The van der Waals surface area contributed by atoms with Crippen LogP contribution in [0.5, 0.6) is 0 Å². The van der Waals surface area contributed by atoms with E-state index in [4.69, 9.17) is 9.26 Å². The summed E-state index contributed by atoms with van der Waals surface area (Å²) in [6.45, 7) is 3.62. The van der Waals surface area contributed by atoms with Crippen molar-refractivity contribution in [1.82, 2.24) is 5.16 Å². The molecule has 1 heterocycles. The van der Waals surface area contributed by atoms with Gasteiger partial charge in [0, 0.05) is 17.0 Å². The van der Waals surface area contributed by atoms with E-state index >= 15 is 0 Å². The molecule has 0 aliphatic carbocycles. The summed E-state index contributed by atoms with van der Waals surface area (Å²) in [5, 5.41) is 14.7. The van der Waals surface area contributed by atoms with Gasteiger partial charge in [-0.1, -0.05) is 5.16 Å². The van der Waals surface area contributed by atoms with Crippen molar-refractivity contribution in [3.63, 3.8) is 0 Å². The van der Waals surface area contributed by atoms with Crippen LogP contribution in [-0.4, -0.2) is 22.7 Å². The van der Waals surface area contributed by atoms with Gasteiger partial charge in [-0.05, 0) is 37.7 Å². The standard InChI is InChI=1S/C13H12N2O5S/c1-3-19-12(16)11-8(2)14-20-13(11)21-10-6-4-9(5-7-10)15(17)18/h4-7H,3H2,1-2H3. The van der Waals surface area contributed by atoms with Crippen LogP contribution in [0.1, 0.15) is 23.0 Å². The van der Waals surface area contributed by atoms with Gasteiger partial charge in [0.05, 0.1) is 17.2 Å². The van der Waals surface area contributed by atoms with E-state index in [2.05, 4.69) is 5.16 Å². The zero-order chi connectivity index (χ0) is 15.4. The second-order valence-corrected chi connectivity index (χ2v) is 5.05. The van der Waals surface area contributed by atoms with Gasteiger partial charge in [0.25, 0.3) is 5.69 Å². The summed E-state index contributed by atoms with van der Waals surface area (Å²) in [6, 6.07) is 5.93. The maximum atomic E-state index is 11.9. The van der Waals surface area contributed by atoms with Crippen molar-refractivity contribution in [2.24, 2.45) is 0 Å². The number of hydrogen-bond acceptors (Lipinski definition) is 7. The molecule has 0 saturated heterocycles. The van der Waals surface area contributed by atoms with E-state index < -0.39 is 10.9 Å². The fourth-order valence-corrected chi connectivity index (χ4v) is 2.49. The molecule has 0 bridgehead atoms. The van der Waals surface area contributed by atoms with Crippen molar-refractivity contribution in [1.29, 1.82) is 0 Å². The Bertz CT molecular complexity index is 666. The molecule has 8 heteroatoms. The Labute approximate surface area is 124 Å². The van der Waals surface area contributed by atoms with E-state index in [-0.39, 0.29) is 17.9 Å². The van der Waals surface area contributed by atoms with Crippen LogP contribution in [0.15, 0.2) is 38.8 Å². The number of aromatic nitrogens is 1. The molecule has 2 aromatic rings. The highest BCUT2D eigenvalue weighted by Crippen LogP contribution is 2.33. The lowest BCUT2D eigenvalue weighted by atomic mass is 10.3. The molecule has 0 amide bonds. The molecule has 1 aromatic carbocycles. The predicted octanol–water partition coefficient (Wildman–Crippen LogP) is 3.22. The second kappa shape index (κ2) is 6.40. The van der Waals surface area contributed by atoms with E-state index in [0.29, 0.717) is 15.7 Å². The minimum Gasteiger partial charge on any atom is -0.462 e. The molecule has 0 unspecified atom stereocenters. The summed E-state index contributed by atoms with van der Waals surface area (Å²) in [5.41, 5.74) is 0.719. The summed E-state index contributed by atoms with van der Waals surface area (Å²) in [5.74, 6) is -0.499. The van der Waals surface area contributed by atoms with Crippen LogP contribution in [0.2, 0.25) is 0 Å². The molecule has 7 nitrogen and oxygen atoms in total. The predicted molar refractivity (Wildman–Crippen MR) is 74.4 cm³/mol. The van der Waals surface area contributed by atoms with Gasteiger partial charge >= 0.3 is 5.97 Å². The summed E-state index contributed by atoms with van der Waals surface area (Å²) in [6.07, 6.45) is 0. The van der Waals surface area contributed by atoms with Crippen LogP contribution < -0.4 is 0 Å². The number of nitro groups is 1. The Morgan fingerprint density at radius 2 is 2.10 bits per heavy atom. The number of hydrogen-bond donors (Lipinski definition) is 0. The molecule has 0 N–H and O–H groups in total. The van der Waals surface area contributed by atoms with Crippen LogP contribution in [0.3, 0.4) is 0 Å². The fourth-order valence-electron chi connectivity index (χ4n) is 1.60. The number of esters is 1. The van der Waals surface area contributed by atoms with Gasteiger partial charge in [-0.3, -0.25) is 10.1 Å². The highest BCUT2D eigenvalue weighted by Gasteiger charge is 2.22. The molecular weight excluding hydrogens is 296 g/mol. The maximum absolute atomic E-state index is 11.9. The van der Waals surface area contributed by atoms with Crippen molar-refractivity contribution in [2.45, 2.75) is 23.8 Å². The number of nitro benzene ring substituents is 1. The number of benzene rings is 1. The molecule has 110 valence electrons. The number of ether oxygens (including phenoxy) is 1. The lowest BCUT2D eigenvalue weighted by Gasteiger charge is -2.02. The molecule has 0 spiro atoms. The van der Waals surface area contributed by atoms with Crippen molar-refractivity contribution in [2.75, 3.05) is 6.61 Å². The second-order valence-electron chi connectivity index (χ2n) is 4.00. The number of carbonyl (C=O) groups is 1. The third-order valence-electron chi connectivity index (χ3n) is 2.57. The molecule has 0 fully saturated rings. The molecular formula is C13H12N2O5S. The first-order chi connectivity index (χ1) is 10.0. The number of nitrogens with zero attached hydrogens (tertiary/aromatic N) is 2. The highest BCUT2D eigenvalue weighted by molar-refractivity contribution is 7.99. The van der Waals surface area contributed by atoms with Crippen molar-refractivity contribution in [3.05, 3.63) is 45.6 Å². The topological polar surface area (TPSA) is 95.5 Å². The summed E-state index contributed by atoms with van der Waals surface area (Å²) in [7, 11) is 0. The van der Waals surface area contributed by atoms with Crippen molar-refractivity contribution < 1.29 is 19.0 Å². The Balaban J connectivity index is 2.23. The largest absolute Gasteiger partial charge is 0.462 e. The Kier molecular flexibility index (Phi) is 4.59. The van der Waals surface area contributed by atoms with Crippen molar-refractivity contribution >= 4 is 23.4 Å². The molecule has 0 aliphatic rings. The number of carbonyl (C=O) groups excluding carboxylic acids is 1. The molecule has 0 atom stereocenters. The zero-order valence-corrected chi connectivity index (χ0v) is 12.2. The first-order valence-electron chi connectivity index (χ1n) is 6.08. The minimum atomic E-state index is -0.499. The zero-order valence-electron chi connectivity index (χ0n) is 11.4. The monoisotopic (exact) mass is 308 g/mol. The third-order valence-corrected chi connectivity index (χ3v) is 3.54. The smallest absolute Gasteiger partial charge is 0.344 e.